The van der Waals surface area contributed by atoms with Crippen molar-refractivity contribution in [3.05, 3.63) is 48.5 Å². The Morgan fingerprint density at radius 3 is 2.39 bits per heavy atom. The Morgan fingerprint density at radius 2 is 1.77 bits per heavy atom. The maximum absolute atomic E-state index is 5.92. The Morgan fingerprint density at radius 1 is 1.10 bits per heavy atom. The van der Waals surface area contributed by atoms with Crippen LogP contribution >= 0.6 is 24.0 Å². The van der Waals surface area contributed by atoms with Crippen molar-refractivity contribution in [2.75, 3.05) is 45.8 Å². The van der Waals surface area contributed by atoms with Crippen molar-refractivity contribution in [1.82, 2.24) is 10.6 Å². The van der Waals surface area contributed by atoms with Crippen LogP contribution in [0.4, 0.5) is 5.69 Å². The molecule has 7 nitrogen and oxygen atoms in total. The van der Waals surface area contributed by atoms with Crippen molar-refractivity contribution >= 4 is 35.6 Å². The van der Waals surface area contributed by atoms with Gasteiger partial charge in [-0.25, -0.2) is 0 Å². The minimum atomic E-state index is 0. The standard InChI is InChI=1S/C23H32N4O3.HI/c1-17(30-20-8-6-5-7-9-20)15-25-23(24-2)26-18-10-11-27(16-18)19-12-21(28-3)14-22(13-19)29-4;/h5-9,12-14,17-18H,10-11,15-16H2,1-4H3,(H2,24,25,26);1H. The molecule has 0 saturated carbocycles. The van der Waals surface area contributed by atoms with Gasteiger partial charge in [-0.15, -0.1) is 24.0 Å². The largest absolute Gasteiger partial charge is 0.497 e. The number of rotatable bonds is 8. The molecule has 2 N–H and O–H groups in total. The third kappa shape index (κ3) is 7.37. The first kappa shape index (κ1) is 24.9. The number of aliphatic imine (C=N–C) groups is 1. The molecule has 1 fully saturated rings. The molecule has 8 heteroatoms. The van der Waals surface area contributed by atoms with E-state index in [-0.39, 0.29) is 30.1 Å². The average Bonchev–Trinajstić information content (AvgIpc) is 3.25. The molecule has 1 saturated heterocycles. The third-order valence-electron chi connectivity index (χ3n) is 5.09. The molecule has 2 aromatic carbocycles. The number of guanidine groups is 1. The molecule has 1 heterocycles. The van der Waals surface area contributed by atoms with E-state index < -0.39 is 0 Å². The highest BCUT2D eigenvalue weighted by Gasteiger charge is 2.24. The number of benzene rings is 2. The second-order valence-corrected chi connectivity index (χ2v) is 7.34. The molecule has 0 aromatic heterocycles. The van der Waals surface area contributed by atoms with E-state index in [4.69, 9.17) is 14.2 Å². The predicted molar refractivity (Wildman–Crippen MR) is 137 cm³/mol. The van der Waals surface area contributed by atoms with Gasteiger partial charge in [0.25, 0.3) is 0 Å². The van der Waals surface area contributed by atoms with E-state index in [0.717, 1.165) is 48.4 Å². The molecule has 1 aliphatic heterocycles. The molecule has 170 valence electrons. The van der Waals surface area contributed by atoms with E-state index in [9.17, 15) is 0 Å². The van der Waals surface area contributed by atoms with Gasteiger partial charge in [-0.2, -0.15) is 0 Å². The van der Waals surface area contributed by atoms with Gasteiger partial charge in [-0.05, 0) is 25.5 Å². The highest BCUT2D eigenvalue weighted by Crippen LogP contribution is 2.30. The first-order chi connectivity index (χ1) is 14.6. The lowest BCUT2D eigenvalue weighted by Crippen LogP contribution is -2.47. The molecule has 2 aromatic rings. The molecule has 0 bridgehead atoms. The van der Waals surface area contributed by atoms with Crippen LogP contribution in [0.5, 0.6) is 17.2 Å². The van der Waals surface area contributed by atoms with Gasteiger partial charge in [0, 0.05) is 50.1 Å². The molecule has 2 atom stereocenters. The second kappa shape index (κ2) is 12.5. The molecule has 1 aliphatic rings. The molecular weight excluding hydrogens is 507 g/mol. The summed E-state index contributed by atoms with van der Waals surface area (Å²) in [6.07, 6.45) is 1.05. The number of ether oxygens (including phenoxy) is 3. The summed E-state index contributed by atoms with van der Waals surface area (Å²) in [5.41, 5.74) is 1.10. The van der Waals surface area contributed by atoms with Crippen molar-refractivity contribution < 1.29 is 14.2 Å². The Labute approximate surface area is 202 Å². The van der Waals surface area contributed by atoms with Crippen molar-refractivity contribution in [3.63, 3.8) is 0 Å². The molecule has 0 aliphatic carbocycles. The number of halogens is 1. The summed E-state index contributed by atoms with van der Waals surface area (Å²) in [5.74, 6) is 3.25. The molecular formula is C23H33IN4O3. The highest BCUT2D eigenvalue weighted by atomic mass is 127. The second-order valence-electron chi connectivity index (χ2n) is 7.34. The van der Waals surface area contributed by atoms with E-state index in [0.29, 0.717) is 12.6 Å². The van der Waals surface area contributed by atoms with Gasteiger partial charge in [0.1, 0.15) is 23.4 Å². The van der Waals surface area contributed by atoms with Crippen molar-refractivity contribution in [2.45, 2.75) is 25.5 Å². The summed E-state index contributed by atoms with van der Waals surface area (Å²) in [4.78, 5) is 6.69. The predicted octanol–water partition coefficient (Wildman–Crippen LogP) is 3.53. The number of para-hydroxylation sites is 1. The average molecular weight is 540 g/mol. The minimum Gasteiger partial charge on any atom is -0.497 e. The lowest BCUT2D eigenvalue weighted by Gasteiger charge is -2.22. The van der Waals surface area contributed by atoms with Crippen LogP contribution in [0.1, 0.15) is 13.3 Å². The SMILES string of the molecule is CN=C(NCC(C)Oc1ccccc1)NC1CCN(c2cc(OC)cc(OC)c2)C1.I. The molecule has 3 rings (SSSR count). The maximum Gasteiger partial charge on any atom is 0.191 e. The fourth-order valence-corrected chi connectivity index (χ4v) is 3.49. The highest BCUT2D eigenvalue weighted by molar-refractivity contribution is 14.0. The Hall–Kier alpha value is -2.36. The van der Waals surface area contributed by atoms with Gasteiger partial charge in [-0.3, -0.25) is 4.99 Å². The Bertz CT molecular complexity index is 813. The van der Waals surface area contributed by atoms with Gasteiger partial charge in [-0.1, -0.05) is 18.2 Å². The van der Waals surface area contributed by atoms with Gasteiger partial charge >= 0.3 is 0 Å². The van der Waals surface area contributed by atoms with Gasteiger partial charge in [0.05, 0.1) is 20.8 Å². The van der Waals surface area contributed by atoms with Gasteiger partial charge < -0.3 is 29.7 Å². The molecule has 2 unspecified atom stereocenters. The third-order valence-corrected chi connectivity index (χ3v) is 5.09. The summed E-state index contributed by atoms with van der Waals surface area (Å²) in [6.45, 7) is 4.55. The van der Waals surface area contributed by atoms with E-state index in [1.165, 1.54) is 0 Å². The van der Waals surface area contributed by atoms with Crippen LogP contribution in [-0.4, -0.2) is 59.0 Å². The number of methoxy groups -OCH3 is 2. The number of nitrogens with zero attached hydrogens (tertiary/aromatic N) is 2. The lowest BCUT2D eigenvalue weighted by atomic mass is 10.2. The van der Waals surface area contributed by atoms with E-state index in [1.54, 1.807) is 21.3 Å². The van der Waals surface area contributed by atoms with Crippen LogP contribution < -0.4 is 29.7 Å². The molecule has 0 radical (unpaired) electrons. The van der Waals surface area contributed by atoms with E-state index in [2.05, 4.69) is 20.5 Å². The Kier molecular flexibility index (Phi) is 10.0. The van der Waals surface area contributed by atoms with Crippen LogP contribution in [0.2, 0.25) is 0 Å². The van der Waals surface area contributed by atoms with Crippen LogP contribution in [0, 0.1) is 0 Å². The summed E-state index contributed by atoms with van der Waals surface area (Å²) >= 11 is 0. The number of hydrogen-bond acceptors (Lipinski definition) is 5. The molecule has 0 amide bonds. The summed E-state index contributed by atoms with van der Waals surface area (Å²) in [5, 5.41) is 6.88. The van der Waals surface area contributed by atoms with Crippen LogP contribution in [0.25, 0.3) is 0 Å². The molecule has 0 spiro atoms. The fourth-order valence-electron chi connectivity index (χ4n) is 3.49. The van der Waals surface area contributed by atoms with Crippen LogP contribution in [-0.2, 0) is 0 Å². The zero-order valence-electron chi connectivity index (χ0n) is 18.6. The van der Waals surface area contributed by atoms with Crippen LogP contribution in [0.3, 0.4) is 0 Å². The first-order valence-corrected chi connectivity index (χ1v) is 10.3. The zero-order chi connectivity index (χ0) is 21.3. The van der Waals surface area contributed by atoms with Gasteiger partial charge in [0.2, 0.25) is 0 Å². The minimum absolute atomic E-state index is 0. The van der Waals surface area contributed by atoms with Crippen LogP contribution in [0.15, 0.2) is 53.5 Å². The number of anilines is 1. The smallest absolute Gasteiger partial charge is 0.191 e. The monoisotopic (exact) mass is 540 g/mol. The summed E-state index contributed by atoms with van der Waals surface area (Å²) < 4.78 is 16.7. The summed E-state index contributed by atoms with van der Waals surface area (Å²) in [7, 11) is 5.13. The normalized spacial score (nSPS) is 16.8. The first-order valence-electron chi connectivity index (χ1n) is 10.3. The quantitative estimate of drug-likeness (QED) is 0.304. The fraction of sp³-hybridized carbons (Fsp3) is 0.435. The number of hydrogen-bond donors (Lipinski definition) is 2. The van der Waals surface area contributed by atoms with E-state index in [1.807, 2.05) is 55.5 Å². The summed E-state index contributed by atoms with van der Waals surface area (Å²) in [6, 6.07) is 16.1. The van der Waals surface area contributed by atoms with Gasteiger partial charge in [0.15, 0.2) is 5.96 Å². The van der Waals surface area contributed by atoms with Crippen molar-refractivity contribution in [3.8, 4) is 17.2 Å². The van der Waals surface area contributed by atoms with Crippen molar-refractivity contribution in [1.29, 1.82) is 0 Å². The number of nitrogens with one attached hydrogen (secondary N) is 2. The Balaban J connectivity index is 0.00000341. The lowest BCUT2D eigenvalue weighted by molar-refractivity contribution is 0.223. The zero-order valence-corrected chi connectivity index (χ0v) is 21.0. The van der Waals surface area contributed by atoms with E-state index >= 15 is 0 Å². The topological polar surface area (TPSA) is 67.4 Å². The maximum atomic E-state index is 5.92. The van der Waals surface area contributed by atoms with Crippen molar-refractivity contribution in [2.24, 2.45) is 4.99 Å². The molecule has 31 heavy (non-hydrogen) atoms.